The van der Waals surface area contributed by atoms with Crippen LogP contribution < -0.4 is 4.72 Å². The van der Waals surface area contributed by atoms with Crippen molar-refractivity contribution in [1.29, 1.82) is 0 Å². The average molecular weight is 427 g/mol. The van der Waals surface area contributed by atoms with Crippen molar-refractivity contribution >= 4 is 15.9 Å². The minimum absolute atomic E-state index is 0.0122. The van der Waals surface area contributed by atoms with Crippen LogP contribution in [0.25, 0.3) is 11.1 Å². The van der Waals surface area contributed by atoms with Crippen LogP contribution >= 0.6 is 0 Å². The number of nitrogens with zero attached hydrogens (tertiary/aromatic N) is 1. The summed E-state index contributed by atoms with van der Waals surface area (Å²) >= 11 is 0. The zero-order valence-corrected chi connectivity index (χ0v) is 18.5. The van der Waals surface area contributed by atoms with E-state index in [9.17, 15) is 13.2 Å². The number of hydrogen-bond donors (Lipinski definition) is 1. The van der Waals surface area contributed by atoms with Crippen LogP contribution in [0.3, 0.4) is 0 Å². The molecule has 2 aliphatic rings. The van der Waals surface area contributed by atoms with Crippen LogP contribution in [0.1, 0.15) is 38.2 Å². The number of hydrogen-bond acceptors (Lipinski definition) is 3. The molecule has 0 spiro atoms. The first-order chi connectivity index (χ1) is 14.3. The Balaban J connectivity index is 1.48. The summed E-state index contributed by atoms with van der Waals surface area (Å²) in [7, 11) is -3.22. The molecular formula is C24H30N2O3S. The van der Waals surface area contributed by atoms with Crippen LogP contribution in [-0.2, 0) is 20.2 Å². The van der Waals surface area contributed by atoms with Gasteiger partial charge in [-0.15, -0.1) is 0 Å². The molecule has 5 nitrogen and oxygen atoms in total. The first-order valence-electron chi connectivity index (χ1n) is 10.7. The van der Waals surface area contributed by atoms with E-state index in [1.165, 1.54) is 22.9 Å². The van der Waals surface area contributed by atoms with Gasteiger partial charge in [0.2, 0.25) is 15.9 Å². The van der Waals surface area contributed by atoms with Crippen molar-refractivity contribution < 1.29 is 13.2 Å². The minimum Gasteiger partial charge on any atom is -0.342 e. The lowest BCUT2D eigenvalue weighted by molar-refractivity contribution is -0.133. The number of carbonyl (C=O) groups excluding carboxylic acids is 1. The third-order valence-electron chi connectivity index (χ3n) is 6.58. The van der Waals surface area contributed by atoms with E-state index < -0.39 is 10.0 Å². The van der Waals surface area contributed by atoms with Crippen molar-refractivity contribution in [3.8, 4) is 11.1 Å². The summed E-state index contributed by atoms with van der Waals surface area (Å²) in [6.07, 6.45) is 4.32. The lowest BCUT2D eigenvalue weighted by Crippen LogP contribution is -2.37. The highest BCUT2D eigenvalue weighted by Gasteiger charge is 2.57. The lowest BCUT2D eigenvalue weighted by atomic mass is 9.87. The van der Waals surface area contributed by atoms with Gasteiger partial charge in [0, 0.05) is 30.5 Å². The van der Waals surface area contributed by atoms with Crippen molar-refractivity contribution in [2.24, 2.45) is 5.92 Å². The van der Waals surface area contributed by atoms with E-state index in [2.05, 4.69) is 48.0 Å². The van der Waals surface area contributed by atoms with Crippen LogP contribution in [0, 0.1) is 5.92 Å². The van der Waals surface area contributed by atoms with Gasteiger partial charge in [0.05, 0.1) is 6.26 Å². The predicted octanol–water partition coefficient (Wildman–Crippen LogP) is 3.56. The van der Waals surface area contributed by atoms with E-state index in [-0.39, 0.29) is 23.3 Å². The Hall–Kier alpha value is -2.18. The summed E-state index contributed by atoms with van der Waals surface area (Å²) in [6, 6.07) is 18.7. The largest absolute Gasteiger partial charge is 0.342 e. The van der Waals surface area contributed by atoms with Gasteiger partial charge in [-0.3, -0.25) is 4.79 Å². The Labute approximate surface area is 179 Å². The maximum atomic E-state index is 13.3. The molecule has 0 radical (unpaired) electrons. The molecule has 1 aliphatic heterocycles. The van der Waals surface area contributed by atoms with E-state index in [4.69, 9.17) is 0 Å². The van der Waals surface area contributed by atoms with Crippen molar-refractivity contribution in [2.75, 3.05) is 19.3 Å². The maximum absolute atomic E-state index is 13.3. The first kappa shape index (κ1) is 21.1. The molecule has 6 heteroatoms. The number of likely N-dealkylation sites (tertiary alicyclic amines) is 1. The second-order valence-electron chi connectivity index (χ2n) is 8.93. The summed E-state index contributed by atoms with van der Waals surface area (Å²) in [5.41, 5.74) is 3.46. The second-order valence-corrected chi connectivity index (χ2v) is 10.7. The van der Waals surface area contributed by atoms with Gasteiger partial charge >= 0.3 is 0 Å². The van der Waals surface area contributed by atoms with Crippen LogP contribution in [0.2, 0.25) is 0 Å². The van der Waals surface area contributed by atoms with Gasteiger partial charge in [0.15, 0.2) is 0 Å². The minimum atomic E-state index is -3.22. The summed E-state index contributed by atoms with van der Waals surface area (Å²) in [5.74, 6) is 0.196. The Morgan fingerprint density at radius 1 is 1.03 bits per heavy atom. The fourth-order valence-corrected chi connectivity index (χ4v) is 5.67. The normalized spacial score (nSPS) is 26.8. The predicted molar refractivity (Wildman–Crippen MR) is 120 cm³/mol. The topological polar surface area (TPSA) is 66.5 Å². The summed E-state index contributed by atoms with van der Waals surface area (Å²) in [6.45, 7) is 3.51. The Kier molecular flexibility index (Phi) is 5.73. The fourth-order valence-electron chi connectivity index (χ4n) is 4.83. The van der Waals surface area contributed by atoms with Gasteiger partial charge in [-0.05, 0) is 42.4 Å². The molecule has 0 bridgehead atoms. The molecular weight excluding hydrogens is 396 g/mol. The molecule has 30 heavy (non-hydrogen) atoms. The van der Waals surface area contributed by atoms with Crippen LogP contribution in [0.4, 0.5) is 0 Å². The molecule has 2 fully saturated rings. The summed E-state index contributed by atoms with van der Waals surface area (Å²) in [5, 5.41) is 0. The molecule has 160 valence electrons. The summed E-state index contributed by atoms with van der Waals surface area (Å²) < 4.78 is 25.8. The zero-order valence-electron chi connectivity index (χ0n) is 17.7. The molecule has 2 aromatic rings. The summed E-state index contributed by atoms with van der Waals surface area (Å²) in [4.78, 5) is 15.3. The zero-order chi connectivity index (χ0) is 21.4. The van der Waals surface area contributed by atoms with Gasteiger partial charge in [-0.1, -0.05) is 61.5 Å². The molecule has 0 unspecified atom stereocenters. The average Bonchev–Trinajstić information content (AvgIpc) is 3.46. The van der Waals surface area contributed by atoms with Gasteiger partial charge in [0.25, 0.3) is 0 Å². The fraction of sp³-hybridized carbons (Fsp3) is 0.458. The van der Waals surface area contributed by atoms with Crippen LogP contribution in [-0.4, -0.2) is 44.6 Å². The van der Waals surface area contributed by atoms with Crippen LogP contribution in [0.5, 0.6) is 0 Å². The maximum Gasteiger partial charge on any atom is 0.226 e. The smallest absolute Gasteiger partial charge is 0.226 e. The van der Waals surface area contributed by atoms with Crippen molar-refractivity contribution in [2.45, 2.75) is 44.1 Å². The quantitative estimate of drug-likeness (QED) is 0.795. The number of carbonyl (C=O) groups is 1. The van der Waals surface area contributed by atoms with E-state index in [1.54, 1.807) is 0 Å². The number of rotatable bonds is 5. The van der Waals surface area contributed by atoms with E-state index in [1.807, 2.05) is 23.1 Å². The van der Waals surface area contributed by atoms with Crippen molar-refractivity contribution in [3.05, 3.63) is 60.2 Å². The Morgan fingerprint density at radius 2 is 1.73 bits per heavy atom. The number of benzene rings is 2. The SMILES string of the molecule is C[C@@]1(c2ccccc2-c2ccccc2)C[C@H]1C(=O)N1CCC[C@@H](NS(C)(=O)=O)CC1. The van der Waals surface area contributed by atoms with Gasteiger partial charge in [-0.2, -0.15) is 0 Å². The van der Waals surface area contributed by atoms with Gasteiger partial charge < -0.3 is 4.90 Å². The number of amides is 1. The standard InChI is InChI=1S/C24H30N2O3S/c1-24(21-13-7-6-12-20(21)18-9-4-3-5-10-18)17-22(24)23(27)26-15-8-11-19(14-16-26)25-30(2,28)29/h3-7,9-10,12-13,19,22,25H,8,11,14-17H2,1-2H3/t19-,22+,24+/m1/s1. The molecule has 3 atom stereocenters. The molecule has 1 N–H and O–H groups in total. The van der Waals surface area contributed by atoms with Gasteiger partial charge in [-0.25, -0.2) is 13.1 Å². The van der Waals surface area contributed by atoms with Crippen molar-refractivity contribution in [3.63, 3.8) is 0 Å². The van der Waals surface area contributed by atoms with E-state index in [0.717, 1.165) is 19.3 Å². The Bertz CT molecular complexity index is 1020. The molecule has 0 aromatic heterocycles. The molecule has 1 saturated carbocycles. The second kappa shape index (κ2) is 8.16. The molecule has 2 aromatic carbocycles. The highest BCUT2D eigenvalue weighted by atomic mass is 32.2. The monoisotopic (exact) mass is 426 g/mol. The van der Waals surface area contributed by atoms with E-state index >= 15 is 0 Å². The third-order valence-corrected chi connectivity index (χ3v) is 7.34. The first-order valence-corrected chi connectivity index (χ1v) is 12.6. The molecule has 1 heterocycles. The molecule has 1 amide bonds. The van der Waals surface area contributed by atoms with Gasteiger partial charge in [0.1, 0.15) is 0 Å². The Morgan fingerprint density at radius 3 is 2.47 bits per heavy atom. The number of sulfonamides is 1. The van der Waals surface area contributed by atoms with Crippen molar-refractivity contribution in [1.82, 2.24) is 9.62 Å². The molecule has 1 aliphatic carbocycles. The third kappa shape index (κ3) is 4.44. The van der Waals surface area contributed by atoms with Crippen LogP contribution in [0.15, 0.2) is 54.6 Å². The lowest BCUT2D eigenvalue weighted by Gasteiger charge is -2.23. The molecule has 1 saturated heterocycles. The highest BCUT2D eigenvalue weighted by Crippen LogP contribution is 2.57. The highest BCUT2D eigenvalue weighted by molar-refractivity contribution is 7.88. The van der Waals surface area contributed by atoms with E-state index in [0.29, 0.717) is 19.5 Å². The molecule has 4 rings (SSSR count). The number of nitrogens with one attached hydrogen (secondary N) is 1.